The van der Waals surface area contributed by atoms with E-state index in [9.17, 15) is 5.11 Å². The molecule has 4 aromatic rings. The molecule has 0 spiro atoms. The first-order valence-electron chi connectivity index (χ1n) is 8.91. The third-order valence-corrected chi connectivity index (χ3v) is 4.76. The second-order valence-corrected chi connectivity index (χ2v) is 6.96. The van der Waals surface area contributed by atoms with Crippen LogP contribution in [0.2, 0.25) is 5.02 Å². The van der Waals surface area contributed by atoms with Crippen molar-refractivity contribution in [1.82, 2.24) is 15.0 Å². The van der Waals surface area contributed by atoms with E-state index < -0.39 is 0 Å². The summed E-state index contributed by atoms with van der Waals surface area (Å²) < 4.78 is 1.74. The van der Waals surface area contributed by atoms with Gasteiger partial charge in [0.2, 0.25) is 0 Å². The number of halogens is 1. The van der Waals surface area contributed by atoms with Gasteiger partial charge in [-0.25, -0.2) is 0 Å². The van der Waals surface area contributed by atoms with Crippen molar-refractivity contribution in [3.63, 3.8) is 0 Å². The monoisotopic (exact) mass is 390 g/mol. The predicted octanol–water partition coefficient (Wildman–Crippen LogP) is 5.21. The third-order valence-electron chi connectivity index (χ3n) is 4.50. The zero-order chi connectivity index (χ0) is 19.5. The van der Waals surface area contributed by atoms with E-state index in [-0.39, 0.29) is 5.75 Å². The maximum absolute atomic E-state index is 10.1. The molecule has 5 nitrogen and oxygen atoms in total. The number of aromatic hydroxyl groups is 1. The number of benzene rings is 3. The Kier molecular flexibility index (Phi) is 5.00. The Balaban J connectivity index is 1.75. The number of rotatable bonds is 5. The van der Waals surface area contributed by atoms with Crippen molar-refractivity contribution in [3.05, 3.63) is 88.9 Å². The van der Waals surface area contributed by atoms with Crippen LogP contribution in [0.5, 0.6) is 5.75 Å². The minimum Gasteiger partial charge on any atom is -0.508 e. The van der Waals surface area contributed by atoms with E-state index in [4.69, 9.17) is 11.6 Å². The smallest absolute Gasteiger partial charge is 0.158 e. The van der Waals surface area contributed by atoms with Gasteiger partial charge in [-0.1, -0.05) is 64.8 Å². The number of hydrogen-bond acceptors (Lipinski definition) is 4. The molecule has 0 fully saturated rings. The van der Waals surface area contributed by atoms with Gasteiger partial charge in [-0.2, -0.15) is 4.68 Å². The molecule has 0 aliphatic rings. The van der Waals surface area contributed by atoms with Gasteiger partial charge in [0.15, 0.2) is 5.82 Å². The first kappa shape index (κ1) is 18.1. The van der Waals surface area contributed by atoms with Gasteiger partial charge in [-0.05, 0) is 37.3 Å². The summed E-state index contributed by atoms with van der Waals surface area (Å²) >= 11 is 6.02. The van der Waals surface area contributed by atoms with Crippen molar-refractivity contribution in [2.75, 3.05) is 5.32 Å². The molecule has 0 aliphatic heterocycles. The predicted molar refractivity (Wildman–Crippen MR) is 112 cm³/mol. The van der Waals surface area contributed by atoms with Crippen molar-refractivity contribution >= 4 is 17.4 Å². The van der Waals surface area contributed by atoms with Crippen LogP contribution in [0.15, 0.2) is 72.8 Å². The SMILES string of the molecule is Cc1ccc(-c2nnn(-c3ccc(Cl)cc3)c2NCc2ccccc2O)cc1. The van der Waals surface area contributed by atoms with Crippen LogP contribution in [0.3, 0.4) is 0 Å². The lowest BCUT2D eigenvalue weighted by atomic mass is 10.1. The quantitative estimate of drug-likeness (QED) is 0.490. The first-order chi connectivity index (χ1) is 13.6. The summed E-state index contributed by atoms with van der Waals surface area (Å²) in [6.07, 6.45) is 0. The molecule has 0 amide bonds. The molecular formula is C22H19ClN4O. The Morgan fingerprint density at radius 1 is 0.964 bits per heavy atom. The summed E-state index contributed by atoms with van der Waals surface area (Å²) in [4.78, 5) is 0. The van der Waals surface area contributed by atoms with E-state index in [0.29, 0.717) is 11.6 Å². The molecule has 1 aromatic heterocycles. The molecule has 0 atom stereocenters. The molecule has 1 heterocycles. The summed E-state index contributed by atoms with van der Waals surface area (Å²) in [5.41, 5.74) is 4.52. The number of para-hydroxylation sites is 1. The van der Waals surface area contributed by atoms with Gasteiger partial charge in [0, 0.05) is 22.7 Å². The van der Waals surface area contributed by atoms with Gasteiger partial charge >= 0.3 is 0 Å². The fourth-order valence-electron chi connectivity index (χ4n) is 2.95. The molecule has 0 unspecified atom stereocenters. The Bertz CT molecular complexity index is 1030. The van der Waals surface area contributed by atoms with Crippen molar-refractivity contribution in [3.8, 4) is 22.7 Å². The summed E-state index contributed by atoms with van der Waals surface area (Å²) in [6, 6.07) is 22.8. The Hall–Kier alpha value is -3.31. The molecule has 0 radical (unpaired) electrons. The average molecular weight is 391 g/mol. The van der Waals surface area contributed by atoms with Crippen LogP contribution in [0.4, 0.5) is 5.82 Å². The van der Waals surface area contributed by atoms with Crippen LogP contribution >= 0.6 is 11.6 Å². The highest BCUT2D eigenvalue weighted by Gasteiger charge is 2.16. The lowest BCUT2D eigenvalue weighted by molar-refractivity contribution is 0.469. The standard InChI is InChI=1S/C22H19ClN4O/c1-15-6-8-16(9-7-15)21-22(24-14-17-4-2-3-5-20(17)28)27(26-25-21)19-12-10-18(23)11-13-19/h2-13,24,28H,14H2,1H3. The molecule has 3 aromatic carbocycles. The highest BCUT2D eigenvalue weighted by molar-refractivity contribution is 6.30. The molecule has 6 heteroatoms. The lowest BCUT2D eigenvalue weighted by Gasteiger charge is -2.12. The minimum absolute atomic E-state index is 0.248. The van der Waals surface area contributed by atoms with E-state index in [0.717, 1.165) is 28.3 Å². The molecule has 0 bridgehead atoms. The van der Waals surface area contributed by atoms with Gasteiger partial charge in [0.05, 0.1) is 5.69 Å². The number of aromatic nitrogens is 3. The van der Waals surface area contributed by atoms with Gasteiger partial charge < -0.3 is 10.4 Å². The zero-order valence-electron chi connectivity index (χ0n) is 15.3. The van der Waals surface area contributed by atoms with E-state index >= 15 is 0 Å². The van der Waals surface area contributed by atoms with E-state index in [1.54, 1.807) is 16.8 Å². The summed E-state index contributed by atoms with van der Waals surface area (Å²) in [5, 5.41) is 22.9. The number of phenolic OH excluding ortho intramolecular Hbond substituents is 1. The van der Waals surface area contributed by atoms with E-state index in [2.05, 4.69) is 15.6 Å². The van der Waals surface area contributed by atoms with Crippen LogP contribution in [-0.2, 0) is 6.54 Å². The molecule has 2 N–H and O–H groups in total. The van der Waals surface area contributed by atoms with Crippen molar-refractivity contribution in [2.45, 2.75) is 13.5 Å². The number of phenols is 1. The minimum atomic E-state index is 0.248. The lowest BCUT2D eigenvalue weighted by Crippen LogP contribution is -2.07. The molecular weight excluding hydrogens is 372 g/mol. The molecule has 0 aliphatic carbocycles. The highest BCUT2D eigenvalue weighted by atomic mass is 35.5. The van der Waals surface area contributed by atoms with Gasteiger partial charge in [-0.3, -0.25) is 0 Å². The molecule has 28 heavy (non-hydrogen) atoms. The highest BCUT2D eigenvalue weighted by Crippen LogP contribution is 2.29. The molecule has 0 saturated heterocycles. The number of nitrogens with zero attached hydrogens (tertiary/aromatic N) is 3. The second-order valence-electron chi connectivity index (χ2n) is 6.52. The second kappa shape index (κ2) is 7.74. The fraction of sp³-hybridized carbons (Fsp3) is 0.0909. The average Bonchev–Trinajstić information content (AvgIpc) is 3.12. The van der Waals surface area contributed by atoms with Crippen molar-refractivity contribution < 1.29 is 5.11 Å². The normalized spacial score (nSPS) is 10.8. The van der Waals surface area contributed by atoms with Crippen LogP contribution in [0, 0.1) is 6.92 Å². The largest absolute Gasteiger partial charge is 0.508 e. The molecule has 0 saturated carbocycles. The van der Waals surface area contributed by atoms with Crippen molar-refractivity contribution in [2.24, 2.45) is 0 Å². The van der Waals surface area contributed by atoms with Gasteiger partial charge in [0.1, 0.15) is 11.4 Å². The summed E-state index contributed by atoms with van der Waals surface area (Å²) in [5.74, 6) is 0.992. The van der Waals surface area contributed by atoms with E-state index in [1.165, 1.54) is 5.56 Å². The number of hydrogen-bond donors (Lipinski definition) is 2. The summed E-state index contributed by atoms with van der Waals surface area (Å²) in [7, 11) is 0. The molecule has 4 rings (SSSR count). The summed E-state index contributed by atoms with van der Waals surface area (Å²) in [6.45, 7) is 2.48. The molecule has 140 valence electrons. The van der Waals surface area contributed by atoms with Crippen LogP contribution < -0.4 is 5.32 Å². The Labute approximate surface area is 168 Å². The van der Waals surface area contributed by atoms with Crippen molar-refractivity contribution in [1.29, 1.82) is 0 Å². The maximum Gasteiger partial charge on any atom is 0.158 e. The first-order valence-corrected chi connectivity index (χ1v) is 9.29. The van der Waals surface area contributed by atoms with Crippen LogP contribution in [-0.4, -0.2) is 20.1 Å². The number of aryl methyl sites for hydroxylation is 1. The Morgan fingerprint density at radius 3 is 2.39 bits per heavy atom. The Morgan fingerprint density at radius 2 is 1.68 bits per heavy atom. The van der Waals surface area contributed by atoms with Crippen LogP contribution in [0.25, 0.3) is 16.9 Å². The fourth-order valence-corrected chi connectivity index (χ4v) is 3.07. The van der Waals surface area contributed by atoms with Crippen LogP contribution in [0.1, 0.15) is 11.1 Å². The maximum atomic E-state index is 10.1. The number of nitrogens with one attached hydrogen (secondary N) is 1. The van der Waals surface area contributed by atoms with E-state index in [1.807, 2.05) is 67.6 Å². The zero-order valence-corrected chi connectivity index (χ0v) is 16.1. The number of anilines is 1. The topological polar surface area (TPSA) is 63.0 Å². The van der Waals surface area contributed by atoms with Gasteiger partial charge in [-0.15, -0.1) is 5.10 Å². The third kappa shape index (κ3) is 3.70. The van der Waals surface area contributed by atoms with Gasteiger partial charge in [0.25, 0.3) is 0 Å².